The summed E-state index contributed by atoms with van der Waals surface area (Å²) in [5.74, 6) is 0. The van der Waals surface area contributed by atoms with Gasteiger partial charge in [-0.2, -0.15) is 0 Å². The smallest absolute Gasteiger partial charge is 0.411 e. The zero-order chi connectivity index (χ0) is 23.9. The van der Waals surface area contributed by atoms with Gasteiger partial charge >= 0.3 is 6.09 Å². The lowest BCUT2D eigenvalue weighted by atomic mass is 10.1. The van der Waals surface area contributed by atoms with E-state index in [1.807, 2.05) is 19.1 Å². The maximum absolute atomic E-state index is 13.6. The molecule has 0 spiro atoms. The molecule has 0 unspecified atom stereocenters. The van der Waals surface area contributed by atoms with E-state index >= 15 is 0 Å². The average molecular weight is 464 g/mol. The molecule has 2 rings (SSSR count). The molecule has 1 aromatic rings. The number of aryl methyl sites for hydroxylation is 1. The number of sulfone groups is 1. The molecule has 32 heavy (non-hydrogen) atoms. The lowest BCUT2D eigenvalue weighted by Gasteiger charge is -2.31. The molecule has 1 amide bonds. The van der Waals surface area contributed by atoms with Gasteiger partial charge in [0.05, 0.1) is 22.2 Å². The number of amides is 1. The summed E-state index contributed by atoms with van der Waals surface area (Å²) < 4.78 is 37.9. The average Bonchev–Trinajstić information content (AvgIpc) is 3.09. The Morgan fingerprint density at radius 2 is 1.88 bits per heavy atom. The molecule has 7 heteroatoms. The Balaban J connectivity index is 2.39. The Labute approximate surface area is 193 Å². The highest BCUT2D eigenvalue weighted by atomic mass is 32.2. The summed E-state index contributed by atoms with van der Waals surface area (Å²) in [5.41, 5.74) is 0.299. The van der Waals surface area contributed by atoms with E-state index in [0.29, 0.717) is 6.61 Å². The van der Waals surface area contributed by atoms with Crippen LogP contribution >= 0.6 is 0 Å². The van der Waals surface area contributed by atoms with E-state index in [1.54, 1.807) is 58.2 Å². The predicted octanol–water partition coefficient (Wildman–Crippen LogP) is 5.07. The number of nitrogens with zero attached hydrogens (tertiary/aromatic N) is 1. The van der Waals surface area contributed by atoms with Crippen molar-refractivity contribution >= 4 is 15.9 Å². The molecule has 6 nitrogen and oxygen atoms in total. The molecule has 3 atom stereocenters. The Hall–Kier alpha value is -2.12. The fourth-order valence-corrected chi connectivity index (χ4v) is 5.75. The van der Waals surface area contributed by atoms with Crippen molar-refractivity contribution in [1.29, 1.82) is 0 Å². The summed E-state index contributed by atoms with van der Waals surface area (Å²) in [6, 6.07) is 5.78. The lowest BCUT2D eigenvalue weighted by molar-refractivity contribution is 0.0213. The number of benzene rings is 1. The van der Waals surface area contributed by atoms with Crippen molar-refractivity contribution in [2.45, 2.75) is 81.2 Å². The molecule has 1 aliphatic heterocycles. The van der Waals surface area contributed by atoms with Crippen LogP contribution in [0.25, 0.3) is 0 Å². The third kappa shape index (κ3) is 6.69. The van der Waals surface area contributed by atoms with Gasteiger partial charge in [0.15, 0.2) is 9.84 Å². The summed E-state index contributed by atoms with van der Waals surface area (Å²) in [6.07, 6.45) is 7.80. The molecule has 0 aromatic heterocycles. The van der Waals surface area contributed by atoms with Crippen LogP contribution in [0.3, 0.4) is 0 Å². The maximum atomic E-state index is 13.6. The van der Waals surface area contributed by atoms with Gasteiger partial charge < -0.3 is 9.47 Å². The first-order chi connectivity index (χ1) is 15.0. The topological polar surface area (TPSA) is 72.9 Å². The predicted molar refractivity (Wildman–Crippen MR) is 127 cm³/mol. The van der Waals surface area contributed by atoms with E-state index in [-0.39, 0.29) is 11.3 Å². The number of likely N-dealkylation sites (tertiary alicyclic amines) is 1. The Bertz CT molecular complexity index is 899. The van der Waals surface area contributed by atoms with E-state index < -0.39 is 38.9 Å². The zero-order valence-electron chi connectivity index (χ0n) is 19.9. The molecule has 1 heterocycles. The van der Waals surface area contributed by atoms with E-state index in [9.17, 15) is 13.2 Å². The van der Waals surface area contributed by atoms with Crippen LogP contribution in [0.1, 0.15) is 52.0 Å². The van der Waals surface area contributed by atoms with E-state index in [0.717, 1.165) is 24.8 Å². The van der Waals surface area contributed by atoms with Crippen LogP contribution in [-0.2, 0) is 19.3 Å². The van der Waals surface area contributed by atoms with E-state index in [1.165, 1.54) is 4.90 Å². The van der Waals surface area contributed by atoms with Crippen LogP contribution in [0.4, 0.5) is 4.79 Å². The quantitative estimate of drug-likeness (QED) is 0.377. The monoisotopic (exact) mass is 463 g/mol. The second-order valence-electron chi connectivity index (χ2n) is 9.23. The highest BCUT2D eigenvalue weighted by Crippen LogP contribution is 2.36. The van der Waals surface area contributed by atoms with E-state index in [2.05, 4.69) is 6.58 Å². The van der Waals surface area contributed by atoms with Crippen LogP contribution < -0.4 is 0 Å². The van der Waals surface area contributed by atoms with Crippen LogP contribution in [0.2, 0.25) is 0 Å². The number of allylic oxidation sites excluding steroid dienone is 1. The fourth-order valence-electron chi connectivity index (χ4n) is 3.85. The second kappa shape index (κ2) is 11.1. The lowest BCUT2D eigenvalue weighted by Crippen LogP contribution is -2.45. The minimum Gasteiger partial charge on any atom is -0.444 e. The molecule has 0 aliphatic carbocycles. The van der Waals surface area contributed by atoms with Crippen molar-refractivity contribution in [2.75, 3.05) is 13.7 Å². The number of methoxy groups -OCH3 is 1. The number of carbonyl (C=O) groups is 1. The van der Waals surface area contributed by atoms with Gasteiger partial charge in [0.25, 0.3) is 0 Å². The Morgan fingerprint density at radius 3 is 2.44 bits per heavy atom. The Kier molecular flexibility index (Phi) is 9.10. The van der Waals surface area contributed by atoms with Crippen LogP contribution in [0.15, 0.2) is 54.0 Å². The first-order valence-electron chi connectivity index (χ1n) is 11.1. The van der Waals surface area contributed by atoms with Crippen molar-refractivity contribution in [3.05, 3.63) is 54.6 Å². The molecule has 0 radical (unpaired) electrons. The van der Waals surface area contributed by atoms with Gasteiger partial charge in [0.2, 0.25) is 0 Å². The summed E-state index contributed by atoms with van der Waals surface area (Å²) in [5, 5.41) is -0.782. The van der Waals surface area contributed by atoms with Crippen molar-refractivity contribution in [2.24, 2.45) is 0 Å². The minimum absolute atomic E-state index is 0.264. The normalized spacial score (nSPS) is 21.8. The highest BCUT2D eigenvalue weighted by Gasteiger charge is 2.49. The minimum atomic E-state index is -3.68. The standard InChI is InChI=1S/C25H37NO5S/c1-7-20-18-23(32(28,29)21-15-13-19(2)14-16-21)22(12-10-8-9-11-17-30-6)26(20)24(27)31-25(3,4)5/h7,10,12-16,20,22-23H,1,8-9,11,17-18H2,2-6H3/b12-10+/t20-,22+,23+/m0/s1. The van der Waals surface area contributed by atoms with Crippen LogP contribution in [0, 0.1) is 6.92 Å². The number of ether oxygens (including phenoxy) is 2. The molecule has 1 aromatic carbocycles. The maximum Gasteiger partial charge on any atom is 0.411 e. The molecular formula is C25H37NO5S. The largest absolute Gasteiger partial charge is 0.444 e. The second-order valence-corrected chi connectivity index (χ2v) is 11.4. The van der Waals surface area contributed by atoms with Gasteiger partial charge in [0, 0.05) is 13.7 Å². The highest BCUT2D eigenvalue weighted by molar-refractivity contribution is 7.92. The SMILES string of the molecule is C=C[C@H]1C[C@@H](S(=O)(=O)c2ccc(C)cc2)[C@@H](/C=C/CCCCOC)N1C(=O)OC(C)(C)C. The van der Waals surface area contributed by atoms with Gasteiger partial charge in [-0.3, -0.25) is 4.90 Å². The first kappa shape index (κ1) is 26.1. The van der Waals surface area contributed by atoms with Crippen LogP contribution in [0.5, 0.6) is 0 Å². The molecule has 178 valence electrons. The summed E-state index contributed by atoms with van der Waals surface area (Å²) in [4.78, 5) is 14.9. The third-order valence-corrected chi connectivity index (χ3v) is 7.66. The molecule has 0 N–H and O–H groups in total. The van der Waals surface area contributed by atoms with Gasteiger partial charge in [-0.1, -0.05) is 35.9 Å². The molecule has 0 bridgehead atoms. The summed E-state index contributed by atoms with van der Waals surface area (Å²) in [7, 11) is -2.01. The van der Waals surface area contributed by atoms with Gasteiger partial charge in [-0.05, 0) is 65.5 Å². The van der Waals surface area contributed by atoms with E-state index in [4.69, 9.17) is 9.47 Å². The molecule has 0 saturated carbocycles. The number of carbonyl (C=O) groups excluding carboxylic acids is 1. The first-order valence-corrected chi connectivity index (χ1v) is 12.7. The molecular weight excluding hydrogens is 426 g/mol. The number of rotatable bonds is 9. The van der Waals surface area contributed by atoms with Crippen molar-refractivity contribution in [3.8, 4) is 0 Å². The summed E-state index contributed by atoms with van der Waals surface area (Å²) >= 11 is 0. The number of hydrogen-bond donors (Lipinski definition) is 0. The molecule has 1 saturated heterocycles. The van der Waals surface area contributed by atoms with Gasteiger partial charge in [0.1, 0.15) is 5.60 Å². The molecule has 1 aliphatic rings. The van der Waals surface area contributed by atoms with Crippen LogP contribution in [-0.4, -0.2) is 56.1 Å². The van der Waals surface area contributed by atoms with Crippen molar-refractivity contribution in [1.82, 2.24) is 4.90 Å². The number of hydrogen-bond acceptors (Lipinski definition) is 5. The van der Waals surface area contributed by atoms with Crippen molar-refractivity contribution < 1.29 is 22.7 Å². The zero-order valence-corrected chi connectivity index (χ0v) is 20.7. The third-order valence-electron chi connectivity index (χ3n) is 5.46. The Morgan fingerprint density at radius 1 is 1.22 bits per heavy atom. The van der Waals surface area contributed by atoms with Gasteiger partial charge in [-0.25, -0.2) is 13.2 Å². The summed E-state index contributed by atoms with van der Waals surface area (Å²) in [6.45, 7) is 11.8. The van der Waals surface area contributed by atoms with Crippen molar-refractivity contribution in [3.63, 3.8) is 0 Å². The molecule has 1 fully saturated rings. The fraction of sp³-hybridized carbons (Fsp3) is 0.560. The number of unbranched alkanes of at least 4 members (excludes halogenated alkanes) is 2. The van der Waals surface area contributed by atoms with Gasteiger partial charge in [-0.15, -0.1) is 6.58 Å².